The highest BCUT2D eigenvalue weighted by atomic mass is 32.2. The van der Waals surface area contributed by atoms with E-state index in [9.17, 15) is 5.11 Å². The van der Waals surface area contributed by atoms with Gasteiger partial charge in [-0.2, -0.15) is 0 Å². The highest BCUT2D eigenvalue weighted by Crippen LogP contribution is 2.31. The summed E-state index contributed by atoms with van der Waals surface area (Å²) < 4.78 is 0. The molecule has 1 aromatic carbocycles. The summed E-state index contributed by atoms with van der Waals surface area (Å²) in [6, 6.07) is 6.00. The fraction of sp³-hybridized carbons (Fsp3) is 0.462. The summed E-state index contributed by atoms with van der Waals surface area (Å²) in [5, 5.41) is 17.3. The van der Waals surface area contributed by atoms with Gasteiger partial charge in [0.05, 0.1) is 11.7 Å². The first-order valence-electron chi connectivity index (χ1n) is 6.08. The maximum absolute atomic E-state index is 9.56. The second kappa shape index (κ2) is 5.63. The van der Waals surface area contributed by atoms with Gasteiger partial charge in [0.1, 0.15) is 5.84 Å². The fourth-order valence-corrected chi connectivity index (χ4v) is 2.96. The van der Waals surface area contributed by atoms with E-state index in [1.165, 1.54) is 0 Å². The van der Waals surface area contributed by atoms with Gasteiger partial charge in [0.25, 0.3) is 0 Å². The van der Waals surface area contributed by atoms with Crippen molar-refractivity contribution in [3.8, 4) is 0 Å². The van der Waals surface area contributed by atoms with Crippen molar-refractivity contribution in [2.24, 2.45) is 5.73 Å². The van der Waals surface area contributed by atoms with Crippen LogP contribution >= 0.6 is 11.8 Å². The van der Waals surface area contributed by atoms with Gasteiger partial charge < -0.3 is 15.7 Å². The largest absolute Gasteiger partial charge is 0.393 e. The summed E-state index contributed by atoms with van der Waals surface area (Å²) in [7, 11) is 0. The Balaban J connectivity index is 2.35. The van der Waals surface area contributed by atoms with Crippen LogP contribution in [0.25, 0.3) is 0 Å². The zero-order chi connectivity index (χ0) is 13.1. The SMILES string of the molecule is CSc1cccc(N2CCC(O)CC2)c1C(=N)N. The Kier molecular flexibility index (Phi) is 4.14. The van der Waals surface area contributed by atoms with Crippen molar-refractivity contribution in [2.45, 2.75) is 23.8 Å². The topological polar surface area (TPSA) is 73.3 Å². The third-order valence-corrected chi connectivity index (χ3v) is 4.08. The van der Waals surface area contributed by atoms with Crippen LogP contribution in [0.3, 0.4) is 0 Å². The standard InChI is InChI=1S/C13H19N3OS/c1-18-11-4-2-3-10(12(11)13(14)15)16-7-5-9(17)6-8-16/h2-4,9,17H,5-8H2,1H3,(H3,14,15). The number of aliphatic hydroxyl groups excluding tert-OH is 1. The summed E-state index contributed by atoms with van der Waals surface area (Å²) in [5.74, 6) is 0.112. The Labute approximate surface area is 112 Å². The van der Waals surface area contributed by atoms with Gasteiger partial charge in [-0.05, 0) is 31.2 Å². The minimum atomic E-state index is -0.189. The van der Waals surface area contributed by atoms with Gasteiger partial charge in [0.2, 0.25) is 0 Å². The number of nitrogens with two attached hydrogens (primary N) is 1. The molecule has 1 aromatic rings. The molecular weight excluding hydrogens is 246 g/mol. The number of nitrogens with zero attached hydrogens (tertiary/aromatic N) is 1. The molecule has 0 saturated carbocycles. The van der Waals surface area contributed by atoms with Crippen LogP contribution in [0.4, 0.5) is 5.69 Å². The number of benzene rings is 1. The van der Waals surface area contributed by atoms with E-state index in [4.69, 9.17) is 11.1 Å². The molecule has 98 valence electrons. The van der Waals surface area contributed by atoms with Gasteiger partial charge in [0, 0.05) is 23.7 Å². The predicted octanol–water partition coefficient (Wildman–Crippen LogP) is 1.65. The maximum atomic E-state index is 9.56. The van der Waals surface area contributed by atoms with E-state index in [1.54, 1.807) is 11.8 Å². The number of nitrogens with one attached hydrogen (secondary N) is 1. The monoisotopic (exact) mass is 265 g/mol. The summed E-state index contributed by atoms with van der Waals surface area (Å²) in [5.41, 5.74) is 7.55. The molecule has 0 aliphatic carbocycles. The van der Waals surface area contributed by atoms with E-state index in [-0.39, 0.29) is 11.9 Å². The molecule has 1 heterocycles. The molecule has 0 atom stereocenters. The number of nitrogen functional groups attached to an aromatic ring is 1. The van der Waals surface area contributed by atoms with Crippen LogP contribution < -0.4 is 10.6 Å². The number of amidine groups is 1. The molecule has 2 rings (SSSR count). The zero-order valence-electron chi connectivity index (χ0n) is 10.5. The molecule has 1 aliphatic heterocycles. The predicted molar refractivity (Wildman–Crippen MR) is 76.7 cm³/mol. The highest BCUT2D eigenvalue weighted by molar-refractivity contribution is 7.98. The van der Waals surface area contributed by atoms with E-state index >= 15 is 0 Å². The summed E-state index contributed by atoms with van der Waals surface area (Å²) in [6.07, 6.45) is 3.36. The second-order valence-corrected chi connectivity index (χ2v) is 5.33. The van der Waals surface area contributed by atoms with Crippen molar-refractivity contribution in [1.82, 2.24) is 0 Å². The van der Waals surface area contributed by atoms with Crippen LogP contribution in [-0.2, 0) is 0 Å². The van der Waals surface area contributed by atoms with Gasteiger partial charge in [-0.25, -0.2) is 0 Å². The number of thioether (sulfide) groups is 1. The Morgan fingerprint density at radius 1 is 1.44 bits per heavy atom. The van der Waals surface area contributed by atoms with Gasteiger partial charge in [-0.1, -0.05) is 6.07 Å². The van der Waals surface area contributed by atoms with Crippen LogP contribution in [0.5, 0.6) is 0 Å². The average molecular weight is 265 g/mol. The molecule has 0 amide bonds. The molecule has 4 N–H and O–H groups in total. The van der Waals surface area contributed by atoms with Crippen molar-refractivity contribution >= 4 is 23.3 Å². The van der Waals surface area contributed by atoms with Crippen molar-refractivity contribution < 1.29 is 5.11 Å². The van der Waals surface area contributed by atoms with Crippen molar-refractivity contribution in [3.63, 3.8) is 0 Å². The number of hydrogen-bond acceptors (Lipinski definition) is 4. The van der Waals surface area contributed by atoms with Gasteiger partial charge in [-0.3, -0.25) is 5.41 Å². The van der Waals surface area contributed by atoms with Crippen LogP contribution in [-0.4, -0.2) is 36.4 Å². The molecule has 4 nitrogen and oxygen atoms in total. The number of piperidine rings is 1. The Hall–Kier alpha value is -1.20. The fourth-order valence-electron chi connectivity index (χ4n) is 2.33. The molecule has 18 heavy (non-hydrogen) atoms. The zero-order valence-corrected chi connectivity index (χ0v) is 11.3. The first-order chi connectivity index (χ1) is 8.63. The van der Waals surface area contributed by atoms with Crippen molar-refractivity contribution in [1.29, 1.82) is 5.41 Å². The molecule has 1 saturated heterocycles. The lowest BCUT2D eigenvalue weighted by molar-refractivity contribution is 0.145. The smallest absolute Gasteiger partial charge is 0.126 e. The lowest BCUT2D eigenvalue weighted by atomic mass is 10.0. The first-order valence-corrected chi connectivity index (χ1v) is 7.30. The van der Waals surface area contributed by atoms with Gasteiger partial charge >= 0.3 is 0 Å². The second-order valence-electron chi connectivity index (χ2n) is 4.49. The number of anilines is 1. The van der Waals surface area contributed by atoms with Crippen LogP contribution in [0.2, 0.25) is 0 Å². The maximum Gasteiger partial charge on any atom is 0.126 e. The number of aliphatic hydroxyl groups is 1. The van der Waals surface area contributed by atoms with Crippen LogP contribution in [0.15, 0.2) is 23.1 Å². The van der Waals surface area contributed by atoms with E-state index in [0.717, 1.165) is 42.1 Å². The molecule has 5 heteroatoms. The highest BCUT2D eigenvalue weighted by Gasteiger charge is 2.21. The molecule has 0 unspecified atom stereocenters. The van der Waals surface area contributed by atoms with Gasteiger partial charge in [-0.15, -0.1) is 11.8 Å². The molecule has 0 aromatic heterocycles. The van der Waals surface area contributed by atoms with E-state index in [0.29, 0.717) is 0 Å². The minimum absolute atomic E-state index is 0.112. The first kappa shape index (κ1) is 13.2. The van der Waals surface area contributed by atoms with Crippen molar-refractivity contribution in [3.05, 3.63) is 23.8 Å². The van der Waals surface area contributed by atoms with E-state index in [1.807, 2.05) is 24.5 Å². The van der Waals surface area contributed by atoms with E-state index < -0.39 is 0 Å². The Bertz CT molecular complexity index is 442. The third-order valence-electron chi connectivity index (χ3n) is 3.30. The minimum Gasteiger partial charge on any atom is -0.393 e. The Morgan fingerprint density at radius 2 is 2.11 bits per heavy atom. The molecule has 0 spiro atoms. The number of rotatable bonds is 3. The normalized spacial score (nSPS) is 16.9. The summed E-state index contributed by atoms with van der Waals surface area (Å²) >= 11 is 1.61. The summed E-state index contributed by atoms with van der Waals surface area (Å²) in [4.78, 5) is 3.24. The lowest BCUT2D eigenvalue weighted by Crippen LogP contribution is -2.37. The Morgan fingerprint density at radius 3 is 2.67 bits per heavy atom. The van der Waals surface area contributed by atoms with E-state index in [2.05, 4.69) is 4.90 Å². The van der Waals surface area contributed by atoms with Gasteiger partial charge in [0.15, 0.2) is 0 Å². The molecule has 1 fully saturated rings. The third kappa shape index (κ3) is 2.62. The molecule has 0 radical (unpaired) electrons. The number of hydrogen-bond donors (Lipinski definition) is 3. The van der Waals surface area contributed by atoms with Crippen LogP contribution in [0, 0.1) is 5.41 Å². The van der Waals surface area contributed by atoms with Crippen LogP contribution in [0.1, 0.15) is 18.4 Å². The average Bonchev–Trinajstić information content (AvgIpc) is 2.38. The summed E-state index contributed by atoms with van der Waals surface area (Å²) in [6.45, 7) is 1.64. The molecule has 0 bridgehead atoms. The quantitative estimate of drug-likeness (QED) is 0.441. The molecular formula is C13H19N3OS. The molecule has 1 aliphatic rings. The lowest BCUT2D eigenvalue weighted by Gasteiger charge is -2.33. The van der Waals surface area contributed by atoms with Crippen molar-refractivity contribution in [2.75, 3.05) is 24.2 Å².